The molecule has 0 unspecified atom stereocenters. The van der Waals surface area contributed by atoms with Crippen molar-refractivity contribution in [2.24, 2.45) is 5.41 Å². The summed E-state index contributed by atoms with van der Waals surface area (Å²) in [5, 5.41) is 2.85. The lowest BCUT2D eigenvalue weighted by molar-refractivity contribution is -0.119. The van der Waals surface area contributed by atoms with Crippen LogP contribution in [0.3, 0.4) is 0 Å². The van der Waals surface area contributed by atoms with Gasteiger partial charge in [0.15, 0.2) is 0 Å². The summed E-state index contributed by atoms with van der Waals surface area (Å²) in [7, 11) is -1.60. The van der Waals surface area contributed by atoms with Crippen LogP contribution in [0.1, 0.15) is 25.7 Å². The highest BCUT2D eigenvalue weighted by Gasteiger charge is 2.42. The molecule has 0 bridgehead atoms. The zero-order valence-electron chi connectivity index (χ0n) is 11.4. The average Bonchev–Trinajstić information content (AvgIpc) is 2.71. The van der Waals surface area contributed by atoms with Gasteiger partial charge in [0.25, 0.3) is 0 Å². The van der Waals surface area contributed by atoms with E-state index in [1.54, 1.807) is 11.4 Å². The van der Waals surface area contributed by atoms with E-state index in [1.807, 2.05) is 0 Å². The Morgan fingerprint density at radius 1 is 1.37 bits per heavy atom. The fraction of sp³-hybridized carbons (Fsp3) is 0.917. The molecule has 0 aromatic heterocycles. The van der Waals surface area contributed by atoms with Gasteiger partial charge < -0.3 is 10.1 Å². The molecule has 2 fully saturated rings. The molecule has 7 heteroatoms. The first kappa shape index (κ1) is 14.7. The van der Waals surface area contributed by atoms with Gasteiger partial charge in [-0.25, -0.2) is 12.7 Å². The Bertz CT molecular complexity index is 427. The van der Waals surface area contributed by atoms with Gasteiger partial charge in [-0.1, -0.05) is 0 Å². The van der Waals surface area contributed by atoms with Crippen LogP contribution in [0.4, 0.5) is 0 Å². The van der Waals surface area contributed by atoms with Gasteiger partial charge in [0.1, 0.15) is 0 Å². The van der Waals surface area contributed by atoms with Crippen LogP contribution < -0.4 is 5.32 Å². The summed E-state index contributed by atoms with van der Waals surface area (Å²) >= 11 is 0. The third kappa shape index (κ3) is 3.46. The lowest BCUT2D eigenvalue weighted by Gasteiger charge is -2.37. The van der Waals surface area contributed by atoms with Crippen LogP contribution in [0.2, 0.25) is 0 Å². The van der Waals surface area contributed by atoms with Crippen molar-refractivity contribution in [3.63, 3.8) is 0 Å². The molecular formula is C12H22N2O4S. The molecule has 0 aliphatic carbocycles. The van der Waals surface area contributed by atoms with Gasteiger partial charge in [-0.3, -0.25) is 4.79 Å². The van der Waals surface area contributed by atoms with Crippen LogP contribution in [0, 0.1) is 5.41 Å². The number of methoxy groups -OCH3 is 1. The maximum atomic E-state index is 12.1. The summed E-state index contributed by atoms with van der Waals surface area (Å²) < 4.78 is 30.7. The van der Waals surface area contributed by atoms with Crippen LogP contribution in [-0.2, 0) is 19.6 Å². The molecule has 0 saturated carbocycles. The highest BCUT2D eigenvalue weighted by Crippen LogP contribution is 2.38. The molecule has 0 radical (unpaired) electrons. The van der Waals surface area contributed by atoms with Crippen molar-refractivity contribution >= 4 is 15.9 Å². The minimum absolute atomic E-state index is 0.00433. The number of sulfonamides is 1. The molecule has 2 heterocycles. The van der Waals surface area contributed by atoms with Crippen LogP contribution in [0.25, 0.3) is 0 Å². The molecule has 6 nitrogen and oxygen atoms in total. The van der Waals surface area contributed by atoms with Gasteiger partial charge >= 0.3 is 0 Å². The van der Waals surface area contributed by atoms with Gasteiger partial charge in [-0.2, -0.15) is 0 Å². The molecule has 19 heavy (non-hydrogen) atoms. The Labute approximate surface area is 114 Å². The van der Waals surface area contributed by atoms with E-state index in [0.29, 0.717) is 39.1 Å². The van der Waals surface area contributed by atoms with E-state index >= 15 is 0 Å². The third-order valence-electron chi connectivity index (χ3n) is 4.12. The predicted octanol–water partition coefficient (Wildman–Crippen LogP) is -0.0452. The van der Waals surface area contributed by atoms with Crippen LogP contribution >= 0.6 is 0 Å². The number of hydrogen-bond acceptors (Lipinski definition) is 4. The molecule has 2 saturated heterocycles. The van der Waals surface area contributed by atoms with Crippen LogP contribution in [0.15, 0.2) is 0 Å². The number of carbonyl (C=O) groups is 1. The minimum atomic E-state index is -3.17. The van der Waals surface area contributed by atoms with Crippen molar-refractivity contribution in [2.75, 3.05) is 39.1 Å². The number of carbonyl (C=O) groups excluding carboxylic acids is 1. The Morgan fingerprint density at radius 3 is 2.58 bits per heavy atom. The SMILES string of the molecule is COCCCS(=O)(=O)N1CCC2(CC1)CNC(=O)C2. The van der Waals surface area contributed by atoms with Gasteiger partial charge in [0.2, 0.25) is 15.9 Å². The number of hydrogen-bond donors (Lipinski definition) is 1. The van der Waals surface area contributed by atoms with Crippen molar-refractivity contribution in [3.05, 3.63) is 0 Å². The summed E-state index contributed by atoms with van der Waals surface area (Å²) in [5.74, 6) is 0.238. The second-order valence-electron chi connectivity index (χ2n) is 5.51. The lowest BCUT2D eigenvalue weighted by Crippen LogP contribution is -2.44. The normalized spacial score (nSPS) is 23.7. The van der Waals surface area contributed by atoms with Crippen LogP contribution in [0.5, 0.6) is 0 Å². The predicted molar refractivity (Wildman–Crippen MR) is 71.1 cm³/mol. The first-order valence-electron chi connectivity index (χ1n) is 6.71. The number of nitrogens with one attached hydrogen (secondary N) is 1. The zero-order valence-corrected chi connectivity index (χ0v) is 12.2. The number of amides is 1. The molecule has 0 aromatic carbocycles. The summed E-state index contributed by atoms with van der Waals surface area (Å²) in [4.78, 5) is 11.3. The lowest BCUT2D eigenvalue weighted by atomic mass is 9.78. The van der Waals surface area contributed by atoms with E-state index in [-0.39, 0.29) is 17.1 Å². The topological polar surface area (TPSA) is 75.7 Å². The van der Waals surface area contributed by atoms with Gasteiger partial charge in [0.05, 0.1) is 5.75 Å². The molecule has 2 aliphatic heterocycles. The standard InChI is InChI=1S/C12H22N2O4S/c1-18-7-2-8-19(16,17)14-5-3-12(4-6-14)9-11(15)13-10-12/h2-10H2,1H3,(H,13,15). The molecule has 110 valence electrons. The first-order chi connectivity index (χ1) is 8.97. The summed E-state index contributed by atoms with van der Waals surface area (Å²) in [6, 6.07) is 0. The fourth-order valence-electron chi connectivity index (χ4n) is 2.86. The quantitative estimate of drug-likeness (QED) is 0.721. The molecule has 2 rings (SSSR count). The number of rotatable bonds is 5. The van der Waals surface area contributed by atoms with E-state index < -0.39 is 10.0 Å². The van der Waals surface area contributed by atoms with Crippen molar-refractivity contribution in [2.45, 2.75) is 25.7 Å². The molecular weight excluding hydrogens is 268 g/mol. The number of ether oxygens (including phenoxy) is 1. The second-order valence-corrected chi connectivity index (χ2v) is 7.60. The van der Waals surface area contributed by atoms with Crippen molar-refractivity contribution in [1.82, 2.24) is 9.62 Å². The van der Waals surface area contributed by atoms with Gasteiger partial charge in [-0.05, 0) is 24.7 Å². The number of piperidine rings is 1. The molecule has 1 spiro atoms. The van der Waals surface area contributed by atoms with Crippen molar-refractivity contribution in [1.29, 1.82) is 0 Å². The largest absolute Gasteiger partial charge is 0.385 e. The van der Waals surface area contributed by atoms with E-state index in [1.165, 1.54) is 0 Å². The third-order valence-corrected chi connectivity index (χ3v) is 6.08. The monoisotopic (exact) mass is 290 g/mol. The van der Waals surface area contributed by atoms with Gasteiger partial charge in [0, 0.05) is 39.8 Å². The first-order valence-corrected chi connectivity index (χ1v) is 8.32. The average molecular weight is 290 g/mol. The smallest absolute Gasteiger partial charge is 0.220 e. The summed E-state index contributed by atoms with van der Waals surface area (Å²) in [6.45, 7) is 2.23. The van der Waals surface area contributed by atoms with E-state index in [9.17, 15) is 13.2 Å². The minimum Gasteiger partial charge on any atom is -0.385 e. The Kier molecular flexibility index (Phi) is 4.47. The molecule has 0 atom stereocenters. The summed E-state index contributed by atoms with van der Waals surface area (Å²) in [5.41, 5.74) is -0.00433. The Morgan fingerprint density at radius 2 is 2.05 bits per heavy atom. The maximum absolute atomic E-state index is 12.1. The van der Waals surface area contributed by atoms with Crippen molar-refractivity contribution < 1.29 is 17.9 Å². The van der Waals surface area contributed by atoms with E-state index in [2.05, 4.69) is 5.32 Å². The molecule has 1 N–H and O–H groups in total. The van der Waals surface area contributed by atoms with E-state index in [0.717, 1.165) is 12.8 Å². The summed E-state index contributed by atoms with van der Waals surface area (Å²) in [6.07, 6.45) is 2.62. The molecule has 1 amide bonds. The van der Waals surface area contributed by atoms with Gasteiger partial charge in [-0.15, -0.1) is 0 Å². The van der Waals surface area contributed by atoms with Crippen LogP contribution in [-0.4, -0.2) is 57.7 Å². The molecule has 0 aromatic rings. The highest BCUT2D eigenvalue weighted by atomic mass is 32.2. The second kappa shape index (κ2) is 5.76. The highest BCUT2D eigenvalue weighted by molar-refractivity contribution is 7.89. The van der Waals surface area contributed by atoms with Crippen molar-refractivity contribution in [3.8, 4) is 0 Å². The number of nitrogens with zero attached hydrogens (tertiary/aromatic N) is 1. The maximum Gasteiger partial charge on any atom is 0.220 e. The van der Waals surface area contributed by atoms with E-state index in [4.69, 9.17) is 4.74 Å². The zero-order chi connectivity index (χ0) is 13.9. The Balaban J connectivity index is 1.87. The molecule has 2 aliphatic rings. The Hall–Kier alpha value is -0.660. The fourth-order valence-corrected chi connectivity index (χ4v) is 4.34.